The molecule has 1 heterocycles. The van der Waals surface area contributed by atoms with E-state index in [9.17, 15) is 4.79 Å². The quantitative estimate of drug-likeness (QED) is 0.877. The summed E-state index contributed by atoms with van der Waals surface area (Å²) in [5, 5.41) is 8.51. The monoisotopic (exact) mass is 245 g/mol. The van der Waals surface area contributed by atoms with Crippen LogP contribution < -0.4 is 4.74 Å². The second-order valence-corrected chi connectivity index (χ2v) is 3.26. The first-order chi connectivity index (χ1) is 6.13. The maximum Gasteiger partial charge on any atom is 0.307 e. The van der Waals surface area contributed by atoms with Crippen molar-refractivity contribution >= 4 is 21.9 Å². The molecule has 0 aliphatic rings. The SMILES string of the molecule is COc1ncc(CC(=O)O)cc1Br. The molecule has 0 bridgehead atoms. The zero-order valence-electron chi connectivity index (χ0n) is 6.95. The van der Waals surface area contributed by atoms with E-state index in [0.717, 1.165) is 0 Å². The zero-order chi connectivity index (χ0) is 9.84. The minimum Gasteiger partial charge on any atom is -0.481 e. The Morgan fingerprint density at radius 1 is 1.77 bits per heavy atom. The second-order valence-electron chi connectivity index (χ2n) is 2.41. The Hall–Kier alpha value is -1.10. The number of halogens is 1. The predicted octanol–water partition coefficient (Wildman–Crippen LogP) is 1.48. The number of hydrogen-bond donors (Lipinski definition) is 1. The van der Waals surface area contributed by atoms with Crippen LogP contribution in [0.4, 0.5) is 0 Å². The summed E-state index contributed by atoms with van der Waals surface area (Å²) in [6.07, 6.45) is 1.45. The molecule has 0 aliphatic heterocycles. The molecule has 0 amide bonds. The third kappa shape index (κ3) is 2.69. The maximum atomic E-state index is 10.4. The van der Waals surface area contributed by atoms with Crippen molar-refractivity contribution in [3.8, 4) is 5.88 Å². The molecule has 0 radical (unpaired) electrons. The number of hydrogen-bond acceptors (Lipinski definition) is 3. The van der Waals surface area contributed by atoms with Gasteiger partial charge in [0.25, 0.3) is 0 Å². The number of carboxylic acids is 1. The van der Waals surface area contributed by atoms with Crippen molar-refractivity contribution in [3.63, 3.8) is 0 Å². The van der Waals surface area contributed by atoms with Gasteiger partial charge in [-0.15, -0.1) is 0 Å². The molecule has 70 valence electrons. The van der Waals surface area contributed by atoms with Gasteiger partial charge in [0.2, 0.25) is 5.88 Å². The highest BCUT2D eigenvalue weighted by atomic mass is 79.9. The first kappa shape index (κ1) is 9.98. The normalized spacial score (nSPS) is 9.69. The van der Waals surface area contributed by atoms with Crippen molar-refractivity contribution in [2.24, 2.45) is 0 Å². The van der Waals surface area contributed by atoms with Crippen LogP contribution in [0, 0.1) is 0 Å². The Morgan fingerprint density at radius 2 is 2.46 bits per heavy atom. The number of carbonyl (C=O) groups is 1. The molecule has 0 fully saturated rings. The Kier molecular flexibility index (Phi) is 3.25. The van der Waals surface area contributed by atoms with Gasteiger partial charge in [-0.25, -0.2) is 4.98 Å². The van der Waals surface area contributed by atoms with E-state index < -0.39 is 5.97 Å². The van der Waals surface area contributed by atoms with Gasteiger partial charge in [-0.1, -0.05) is 0 Å². The van der Waals surface area contributed by atoms with E-state index in [0.29, 0.717) is 15.9 Å². The Labute approximate surface area is 83.7 Å². The molecule has 0 unspecified atom stereocenters. The Balaban J connectivity index is 2.89. The largest absolute Gasteiger partial charge is 0.481 e. The molecule has 0 saturated heterocycles. The lowest BCUT2D eigenvalue weighted by Gasteiger charge is -2.02. The van der Waals surface area contributed by atoms with Crippen molar-refractivity contribution < 1.29 is 14.6 Å². The molecule has 5 heteroatoms. The number of rotatable bonds is 3. The number of methoxy groups -OCH3 is 1. The summed E-state index contributed by atoms with van der Waals surface area (Å²) in [6, 6.07) is 1.68. The summed E-state index contributed by atoms with van der Waals surface area (Å²) in [5.41, 5.74) is 0.639. The lowest BCUT2D eigenvalue weighted by Crippen LogP contribution is -2.01. The fourth-order valence-electron chi connectivity index (χ4n) is 0.886. The van der Waals surface area contributed by atoms with Crippen LogP contribution in [0.1, 0.15) is 5.56 Å². The summed E-state index contributed by atoms with van der Waals surface area (Å²) in [5.74, 6) is -0.423. The lowest BCUT2D eigenvalue weighted by atomic mass is 10.2. The van der Waals surface area contributed by atoms with E-state index >= 15 is 0 Å². The molecule has 0 atom stereocenters. The van der Waals surface area contributed by atoms with Gasteiger partial charge < -0.3 is 9.84 Å². The summed E-state index contributed by atoms with van der Waals surface area (Å²) in [4.78, 5) is 14.3. The topological polar surface area (TPSA) is 59.4 Å². The summed E-state index contributed by atoms with van der Waals surface area (Å²) >= 11 is 3.22. The molecular weight excluding hydrogens is 238 g/mol. The van der Waals surface area contributed by atoms with E-state index in [2.05, 4.69) is 20.9 Å². The highest BCUT2D eigenvalue weighted by Crippen LogP contribution is 2.22. The molecule has 0 aromatic carbocycles. The van der Waals surface area contributed by atoms with Crippen molar-refractivity contribution in [3.05, 3.63) is 22.3 Å². The molecule has 4 nitrogen and oxygen atoms in total. The summed E-state index contributed by atoms with van der Waals surface area (Å²) in [6.45, 7) is 0. The number of aromatic nitrogens is 1. The van der Waals surface area contributed by atoms with Crippen molar-refractivity contribution in [1.29, 1.82) is 0 Å². The van der Waals surface area contributed by atoms with E-state index in [4.69, 9.17) is 9.84 Å². The minimum absolute atomic E-state index is 0.0321. The van der Waals surface area contributed by atoms with Crippen LogP contribution >= 0.6 is 15.9 Å². The molecule has 1 aromatic rings. The summed E-state index contributed by atoms with van der Waals surface area (Å²) < 4.78 is 5.56. The van der Waals surface area contributed by atoms with Gasteiger partial charge in [0.05, 0.1) is 18.0 Å². The smallest absolute Gasteiger partial charge is 0.307 e. The van der Waals surface area contributed by atoms with Gasteiger partial charge >= 0.3 is 5.97 Å². The van der Waals surface area contributed by atoms with Crippen LogP contribution in [0.25, 0.3) is 0 Å². The van der Waals surface area contributed by atoms with Gasteiger partial charge in [0.15, 0.2) is 0 Å². The lowest BCUT2D eigenvalue weighted by molar-refractivity contribution is -0.136. The van der Waals surface area contributed by atoms with Crippen LogP contribution in [0.5, 0.6) is 5.88 Å². The number of ether oxygens (including phenoxy) is 1. The second kappa shape index (κ2) is 4.23. The molecule has 1 aromatic heterocycles. The molecular formula is C8H8BrNO3. The molecule has 1 rings (SSSR count). The average Bonchev–Trinajstić information content (AvgIpc) is 2.03. The van der Waals surface area contributed by atoms with Crippen molar-refractivity contribution in [2.45, 2.75) is 6.42 Å². The van der Waals surface area contributed by atoms with E-state index in [-0.39, 0.29) is 6.42 Å². The Bertz CT molecular complexity index is 327. The van der Waals surface area contributed by atoms with Crippen LogP contribution in [-0.2, 0) is 11.2 Å². The van der Waals surface area contributed by atoms with Crippen LogP contribution in [0.3, 0.4) is 0 Å². The standard InChI is InChI=1S/C8H8BrNO3/c1-13-8-6(9)2-5(4-10-8)3-7(11)12/h2,4H,3H2,1H3,(H,11,12). The minimum atomic E-state index is -0.876. The molecule has 0 spiro atoms. The maximum absolute atomic E-state index is 10.4. The third-order valence-corrected chi connectivity index (χ3v) is 1.98. The third-order valence-electron chi connectivity index (χ3n) is 1.41. The van der Waals surface area contributed by atoms with Gasteiger partial charge in [0, 0.05) is 6.20 Å². The molecule has 13 heavy (non-hydrogen) atoms. The van der Waals surface area contributed by atoms with E-state index in [1.807, 2.05) is 0 Å². The van der Waals surface area contributed by atoms with Gasteiger partial charge in [-0.05, 0) is 27.6 Å². The predicted molar refractivity (Wildman–Crippen MR) is 49.8 cm³/mol. The van der Waals surface area contributed by atoms with E-state index in [1.165, 1.54) is 13.3 Å². The highest BCUT2D eigenvalue weighted by Gasteiger charge is 2.05. The van der Waals surface area contributed by atoms with Crippen LogP contribution in [0.2, 0.25) is 0 Å². The fourth-order valence-corrected chi connectivity index (χ4v) is 1.44. The first-order valence-electron chi connectivity index (χ1n) is 3.53. The molecule has 0 saturated carbocycles. The first-order valence-corrected chi connectivity index (χ1v) is 4.33. The van der Waals surface area contributed by atoms with Gasteiger partial charge in [-0.3, -0.25) is 4.79 Å². The van der Waals surface area contributed by atoms with E-state index in [1.54, 1.807) is 6.07 Å². The number of nitrogens with zero attached hydrogens (tertiary/aromatic N) is 1. The number of carboxylic acid groups (broad SMARTS) is 1. The number of pyridine rings is 1. The van der Waals surface area contributed by atoms with Crippen molar-refractivity contribution in [1.82, 2.24) is 4.98 Å². The van der Waals surface area contributed by atoms with Crippen LogP contribution in [0.15, 0.2) is 16.7 Å². The zero-order valence-corrected chi connectivity index (χ0v) is 8.54. The number of aliphatic carboxylic acids is 1. The van der Waals surface area contributed by atoms with Crippen LogP contribution in [-0.4, -0.2) is 23.2 Å². The molecule has 1 N–H and O–H groups in total. The highest BCUT2D eigenvalue weighted by molar-refractivity contribution is 9.10. The average molecular weight is 246 g/mol. The molecule has 0 aliphatic carbocycles. The van der Waals surface area contributed by atoms with Crippen molar-refractivity contribution in [2.75, 3.05) is 7.11 Å². The Morgan fingerprint density at radius 3 is 2.92 bits per heavy atom. The van der Waals surface area contributed by atoms with Gasteiger partial charge in [0.1, 0.15) is 0 Å². The fraction of sp³-hybridized carbons (Fsp3) is 0.250. The summed E-state index contributed by atoms with van der Waals surface area (Å²) in [7, 11) is 1.50. The van der Waals surface area contributed by atoms with Gasteiger partial charge in [-0.2, -0.15) is 0 Å².